The van der Waals surface area contributed by atoms with E-state index in [1.54, 1.807) is 12.1 Å². The van der Waals surface area contributed by atoms with Gasteiger partial charge in [0.2, 0.25) is 10.0 Å². The lowest BCUT2D eigenvalue weighted by atomic mass is 9.78. The van der Waals surface area contributed by atoms with Crippen LogP contribution in [-0.2, 0) is 10.0 Å². The Morgan fingerprint density at radius 1 is 1.13 bits per heavy atom. The minimum absolute atomic E-state index is 0.138. The van der Waals surface area contributed by atoms with Crippen molar-refractivity contribution in [3.63, 3.8) is 0 Å². The van der Waals surface area contributed by atoms with E-state index in [-0.39, 0.29) is 22.4 Å². The van der Waals surface area contributed by atoms with Crippen LogP contribution in [0.3, 0.4) is 0 Å². The minimum atomic E-state index is -3.90. The lowest BCUT2D eigenvalue weighted by molar-refractivity contribution is 0.102. The standard InChI is InChI=1S/C23H29FN2O4S/c1-14-8-11-22(30-4)21(12-14)25-23(27)18-13-17(9-10-19(18)24)31(28,29)26-20-7-5-6-15(2)16(20)3/h8-13,15-16,20,26H,5-7H2,1-4H3,(H,25,27). The second-order valence-corrected chi connectivity index (χ2v) is 10.0. The van der Waals surface area contributed by atoms with Gasteiger partial charge in [-0.3, -0.25) is 4.79 Å². The van der Waals surface area contributed by atoms with Crippen molar-refractivity contribution in [2.75, 3.05) is 12.4 Å². The Morgan fingerprint density at radius 2 is 1.87 bits per heavy atom. The number of halogens is 1. The van der Waals surface area contributed by atoms with Crippen molar-refractivity contribution in [3.8, 4) is 5.75 Å². The average molecular weight is 449 g/mol. The van der Waals surface area contributed by atoms with Crippen LogP contribution in [0.15, 0.2) is 41.3 Å². The first-order valence-corrected chi connectivity index (χ1v) is 11.9. The molecule has 0 spiro atoms. The summed E-state index contributed by atoms with van der Waals surface area (Å²) in [5.41, 5.74) is 0.910. The molecule has 0 bridgehead atoms. The number of aryl methyl sites for hydroxylation is 1. The zero-order valence-corrected chi connectivity index (χ0v) is 19.1. The quantitative estimate of drug-likeness (QED) is 0.682. The van der Waals surface area contributed by atoms with Crippen LogP contribution in [0.1, 0.15) is 49.0 Å². The van der Waals surface area contributed by atoms with E-state index in [9.17, 15) is 17.6 Å². The maximum absolute atomic E-state index is 14.4. The zero-order chi connectivity index (χ0) is 22.8. The number of methoxy groups -OCH3 is 1. The molecule has 168 valence electrons. The van der Waals surface area contributed by atoms with E-state index < -0.39 is 21.7 Å². The lowest BCUT2D eigenvalue weighted by Gasteiger charge is -2.34. The highest BCUT2D eigenvalue weighted by atomic mass is 32.2. The number of benzene rings is 2. The number of sulfonamides is 1. The molecule has 2 N–H and O–H groups in total. The highest BCUT2D eigenvalue weighted by Gasteiger charge is 2.31. The van der Waals surface area contributed by atoms with E-state index in [0.29, 0.717) is 17.4 Å². The van der Waals surface area contributed by atoms with Gasteiger partial charge in [0.1, 0.15) is 11.6 Å². The summed E-state index contributed by atoms with van der Waals surface area (Å²) in [6.07, 6.45) is 2.78. The number of amides is 1. The third-order valence-corrected chi connectivity index (χ3v) is 7.60. The molecule has 3 rings (SSSR count). The highest BCUT2D eigenvalue weighted by Crippen LogP contribution is 2.31. The van der Waals surface area contributed by atoms with E-state index in [4.69, 9.17) is 4.74 Å². The van der Waals surface area contributed by atoms with Crippen molar-refractivity contribution < 1.29 is 22.3 Å². The third kappa shape index (κ3) is 5.25. The molecule has 3 unspecified atom stereocenters. The topological polar surface area (TPSA) is 84.5 Å². The van der Waals surface area contributed by atoms with Crippen molar-refractivity contribution >= 4 is 21.6 Å². The van der Waals surface area contributed by atoms with E-state index in [1.165, 1.54) is 13.2 Å². The fourth-order valence-electron chi connectivity index (χ4n) is 3.97. The van der Waals surface area contributed by atoms with Gasteiger partial charge in [-0.15, -0.1) is 0 Å². The molecule has 3 atom stereocenters. The first-order chi connectivity index (χ1) is 14.6. The van der Waals surface area contributed by atoms with Crippen LogP contribution in [0.4, 0.5) is 10.1 Å². The number of carbonyl (C=O) groups excluding carboxylic acids is 1. The predicted molar refractivity (Wildman–Crippen MR) is 118 cm³/mol. The molecule has 0 saturated heterocycles. The van der Waals surface area contributed by atoms with Gasteiger partial charge in [0.25, 0.3) is 5.91 Å². The van der Waals surface area contributed by atoms with Gasteiger partial charge >= 0.3 is 0 Å². The monoisotopic (exact) mass is 448 g/mol. The maximum Gasteiger partial charge on any atom is 0.258 e. The summed E-state index contributed by atoms with van der Waals surface area (Å²) in [7, 11) is -2.44. The predicted octanol–water partition coefficient (Wildman–Crippen LogP) is 4.50. The van der Waals surface area contributed by atoms with E-state index >= 15 is 0 Å². The van der Waals surface area contributed by atoms with Crippen molar-refractivity contribution in [3.05, 3.63) is 53.3 Å². The fourth-order valence-corrected chi connectivity index (χ4v) is 5.36. The Bertz CT molecular complexity index is 1070. The maximum atomic E-state index is 14.4. The van der Waals surface area contributed by atoms with Crippen LogP contribution < -0.4 is 14.8 Å². The van der Waals surface area contributed by atoms with E-state index in [2.05, 4.69) is 17.0 Å². The van der Waals surface area contributed by atoms with Crippen molar-refractivity contribution in [2.24, 2.45) is 11.8 Å². The summed E-state index contributed by atoms with van der Waals surface area (Å²) in [4.78, 5) is 12.6. The number of hydrogen-bond acceptors (Lipinski definition) is 4. The van der Waals surface area contributed by atoms with Crippen LogP contribution in [-0.4, -0.2) is 27.5 Å². The molecule has 8 heteroatoms. The van der Waals surface area contributed by atoms with Crippen molar-refractivity contribution in [2.45, 2.75) is 51.0 Å². The van der Waals surface area contributed by atoms with Gasteiger partial charge in [-0.25, -0.2) is 17.5 Å². The van der Waals surface area contributed by atoms with Crippen LogP contribution in [0.2, 0.25) is 0 Å². The third-order valence-electron chi connectivity index (χ3n) is 6.11. The van der Waals surface area contributed by atoms with Crippen LogP contribution in [0.5, 0.6) is 5.75 Å². The number of ether oxygens (including phenoxy) is 1. The minimum Gasteiger partial charge on any atom is -0.495 e. The molecule has 0 radical (unpaired) electrons. The zero-order valence-electron chi connectivity index (χ0n) is 18.2. The summed E-state index contributed by atoms with van der Waals surface area (Å²) >= 11 is 0. The normalized spacial score (nSPS) is 21.5. The Labute approximate surface area is 183 Å². The molecule has 0 aromatic heterocycles. The Kier molecular flexibility index (Phi) is 7.01. The molecular formula is C23H29FN2O4S. The largest absolute Gasteiger partial charge is 0.495 e. The molecule has 2 aromatic carbocycles. The van der Waals surface area contributed by atoms with Gasteiger partial charge < -0.3 is 10.1 Å². The lowest BCUT2D eigenvalue weighted by Crippen LogP contribution is -2.43. The Hall–Kier alpha value is -2.45. The number of carbonyl (C=O) groups is 1. The van der Waals surface area contributed by atoms with Gasteiger partial charge in [0, 0.05) is 6.04 Å². The smallest absolute Gasteiger partial charge is 0.258 e. The fraction of sp³-hybridized carbons (Fsp3) is 0.435. The number of nitrogens with one attached hydrogen (secondary N) is 2. The molecule has 2 aromatic rings. The highest BCUT2D eigenvalue weighted by molar-refractivity contribution is 7.89. The summed E-state index contributed by atoms with van der Waals surface area (Å²) in [5, 5.41) is 2.61. The molecule has 1 fully saturated rings. The molecule has 0 aliphatic heterocycles. The molecular weight excluding hydrogens is 419 g/mol. The number of hydrogen-bond donors (Lipinski definition) is 2. The van der Waals surface area contributed by atoms with Crippen LogP contribution in [0, 0.1) is 24.6 Å². The van der Waals surface area contributed by atoms with Crippen LogP contribution >= 0.6 is 0 Å². The second-order valence-electron chi connectivity index (χ2n) is 8.29. The molecule has 1 aliphatic rings. The number of anilines is 1. The molecule has 1 saturated carbocycles. The average Bonchev–Trinajstić information content (AvgIpc) is 2.71. The molecule has 6 nitrogen and oxygen atoms in total. The SMILES string of the molecule is COc1ccc(C)cc1NC(=O)c1cc(S(=O)(=O)NC2CCCC(C)C2C)ccc1F. The van der Waals surface area contributed by atoms with Gasteiger partial charge in [0.15, 0.2) is 0 Å². The van der Waals surface area contributed by atoms with Crippen molar-refractivity contribution in [1.29, 1.82) is 0 Å². The van der Waals surface area contributed by atoms with Crippen molar-refractivity contribution in [1.82, 2.24) is 4.72 Å². The summed E-state index contributed by atoms with van der Waals surface area (Å²) in [5.74, 6) is -0.521. The van der Waals surface area contributed by atoms with Gasteiger partial charge in [0.05, 0.1) is 23.3 Å². The summed E-state index contributed by atoms with van der Waals surface area (Å²) < 4.78 is 48.3. The Balaban J connectivity index is 1.86. The molecule has 1 amide bonds. The molecule has 1 aliphatic carbocycles. The van der Waals surface area contributed by atoms with E-state index in [1.807, 2.05) is 19.9 Å². The first kappa shape index (κ1) is 23.2. The Morgan fingerprint density at radius 3 is 2.58 bits per heavy atom. The molecule has 0 heterocycles. The van der Waals surface area contributed by atoms with Gasteiger partial charge in [-0.1, -0.05) is 32.8 Å². The first-order valence-electron chi connectivity index (χ1n) is 10.4. The van der Waals surface area contributed by atoms with E-state index in [0.717, 1.165) is 37.0 Å². The summed E-state index contributed by atoms with van der Waals surface area (Å²) in [6.45, 7) is 6.00. The number of rotatable bonds is 6. The van der Waals surface area contributed by atoms with Gasteiger partial charge in [-0.2, -0.15) is 0 Å². The second kappa shape index (κ2) is 9.36. The van der Waals surface area contributed by atoms with Crippen LogP contribution in [0.25, 0.3) is 0 Å². The molecule has 31 heavy (non-hydrogen) atoms. The summed E-state index contributed by atoms with van der Waals surface area (Å²) in [6, 6.07) is 8.28. The van der Waals surface area contributed by atoms with Gasteiger partial charge in [-0.05, 0) is 61.1 Å².